The lowest BCUT2D eigenvalue weighted by Crippen LogP contribution is -2.25. The normalized spacial score (nSPS) is 12.6. The van der Waals surface area contributed by atoms with Gasteiger partial charge in [0, 0.05) is 0 Å². The Morgan fingerprint density at radius 2 is 1.65 bits per heavy atom. The third-order valence-corrected chi connectivity index (χ3v) is 2.18. The van der Waals surface area contributed by atoms with E-state index in [2.05, 4.69) is 9.84 Å². The predicted octanol–water partition coefficient (Wildman–Crippen LogP) is 3.52. The van der Waals surface area contributed by atoms with Crippen LogP contribution in [-0.4, -0.2) is 16.9 Å². The van der Waals surface area contributed by atoms with Crippen molar-refractivity contribution in [2.24, 2.45) is 0 Å². The largest absolute Gasteiger partial charge is 0.480 e. The maximum atomic E-state index is 12.9. The molecule has 0 saturated carbocycles. The van der Waals surface area contributed by atoms with Crippen LogP contribution in [-0.2, 0) is 5.54 Å². The Hall–Kier alpha value is -1.27. The number of aromatic nitrogens is 2. The van der Waals surface area contributed by atoms with Gasteiger partial charge in [-0.25, -0.2) is 17.6 Å². The number of nitrogens with zero attached hydrogens (tertiary/aromatic N) is 2. The second-order valence-electron chi connectivity index (χ2n) is 4.49. The minimum Gasteiger partial charge on any atom is -0.480 e. The van der Waals surface area contributed by atoms with Gasteiger partial charge in [0.2, 0.25) is 5.88 Å². The molecule has 0 aromatic carbocycles. The zero-order chi connectivity index (χ0) is 13.4. The molecule has 0 atom stereocenters. The molecular weight excluding hydrogens is 240 g/mol. The van der Waals surface area contributed by atoms with Gasteiger partial charge in [-0.2, -0.15) is 0 Å². The zero-order valence-corrected chi connectivity index (χ0v) is 9.97. The summed E-state index contributed by atoms with van der Waals surface area (Å²) in [6.45, 7) is 4.79. The second-order valence-corrected chi connectivity index (χ2v) is 4.49. The summed E-state index contributed by atoms with van der Waals surface area (Å²) in [7, 11) is 1.12. The smallest absolute Gasteiger partial charge is 0.280 e. The number of halogens is 4. The molecule has 0 saturated heterocycles. The zero-order valence-electron chi connectivity index (χ0n) is 9.97. The molecule has 0 aliphatic rings. The van der Waals surface area contributed by atoms with Crippen molar-refractivity contribution in [3.8, 4) is 5.88 Å². The maximum absolute atomic E-state index is 12.9. The van der Waals surface area contributed by atoms with Crippen molar-refractivity contribution >= 4 is 0 Å². The summed E-state index contributed by atoms with van der Waals surface area (Å²) in [5.41, 5.74) is -2.45. The molecule has 3 nitrogen and oxygen atoms in total. The molecule has 1 rings (SSSR count). The van der Waals surface area contributed by atoms with Crippen molar-refractivity contribution in [2.45, 2.75) is 39.2 Å². The minimum absolute atomic E-state index is 0.453. The Labute approximate surface area is 96.4 Å². The van der Waals surface area contributed by atoms with Gasteiger partial charge in [0.05, 0.1) is 12.6 Å². The van der Waals surface area contributed by atoms with Crippen LogP contribution in [0.1, 0.15) is 44.9 Å². The Morgan fingerprint density at radius 3 is 1.94 bits per heavy atom. The average Bonchev–Trinajstić information content (AvgIpc) is 2.55. The summed E-state index contributed by atoms with van der Waals surface area (Å²) in [6.07, 6.45) is -6.08. The lowest BCUT2D eigenvalue weighted by molar-refractivity contribution is 0.110. The summed E-state index contributed by atoms with van der Waals surface area (Å²) in [6, 6.07) is 0. The van der Waals surface area contributed by atoms with Crippen molar-refractivity contribution in [3.05, 3.63) is 11.3 Å². The van der Waals surface area contributed by atoms with E-state index >= 15 is 0 Å². The van der Waals surface area contributed by atoms with Crippen LogP contribution in [0.4, 0.5) is 17.6 Å². The molecule has 98 valence electrons. The molecule has 7 heteroatoms. The molecule has 1 aromatic rings. The molecule has 0 unspecified atom stereocenters. The molecule has 17 heavy (non-hydrogen) atoms. The first kappa shape index (κ1) is 13.8. The van der Waals surface area contributed by atoms with Crippen molar-refractivity contribution in [1.82, 2.24) is 9.78 Å². The number of hydrogen-bond acceptors (Lipinski definition) is 2. The highest BCUT2D eigenvalue weighted by Gasteiger charge is 2.34. The summed E-state index contributed by atoms with van der Waals surface area (Å²) >= 11 is 0. The van der Waals surface area contributed by atoms with Gasteiger partial charge >= 0.3 is 0 Å². The highest BCUT2D eigenvalue weighted by atomic mass is 19.3. The van der Waals surface area contributed by atoms with Crippen molar-refractivity contribution in [1.29, 1.82) is 0 Å². The van der Waals surface area contributed by atoms with Crippen LogP contribution in [0.25, 0.3) is 0 Å². The van der Waals surface area contributed by atoms with Crippen molar-refractivity contribution in [3.63, 3.8) is 0 Å². The van der Waals surface area contributed by atoms with Gasteiger partial charge in [-0.15, -0.1) is 5.10 Å². The van der Waals surface area contributed by atoms with E-state index < -0.39 is 35.5 Å². The van der Waals surface area contributed by atoms with Gasteiger partial charge in [-0.05, 0) is 20.8 Å². The van der Waals surface area contributed by atoms with E-state index in [-0.39, 0.29) is 0 Å². The third-order valence-electron chi connectivity index (χ3n) is 2.18. The fraction of sp³-hybridized carbons (Fsp3) is 0.700. The standard InChI is InChI=1S/C10H14F4N2O/c1-10(2,3)16-6(8(13)14)5(7(11)12)9(15-16)17-4/h7-8H,1-4H3. The summed E-state index contributed by atoms with van der Waals surface area (Å²) in [5, 5.41) is 3.68. The Morgan fingerprint density at radius 1 is 1.12 bits per heavy atom. The van der Waals surface area contributed by atoms with E-state index in [0.29, 0.717) is 0 Å². The molecule has 0 aliphatic carbocycles. The molecule has 1 heterocycles. The molecule has 0 bridgehead atoms. The quantitative estimate of drug-likeness (QED) is 0.771. The summed E-state index contributed by atoms with van der Waals surface area (Å²) in [4.78, 5) is 0. The summed E-state index contributed by atoms with van der Waals surface area (Å²) < 4.78 is 56.8. The average molecular weight is 254 g/mol. The van der Waals surface area contributed by atoms with E-state index in [1.807, 2.05) is 0 Å². The van der Waals surface area contributed by atoms with Crippen LogP contribution in [0.5, 0.6) is 5.88 Å². The number of rotatable bonds is 3. The van der Waals surface area contributed by atoms with Gasteiger partial charge in [0.1, 0.15) is 11.3 Å². The van der Waals surface area contributed by atoms with Crippen LogP contribution in [0, 0.1) is 0 Å². The number of ether oxygens (including phenoxy) is 1. The highest BCUT2D eigenvalue weighted by Crippen LogP contribution is 2.39. The molecule has 0 radical (unpaired) electrons. The molecule has 0 N–H and O–H groups in total. The second kappa shape index (κ2) is 4.54. The minimum atomic E-state index is -3.05. The van der Waals surface area contributed by atoms with Crippen LogP contribution in [0.15, 0.2) is 0 Å². The van der Waals surface area contributed by atoms with E-state index in [4.69, 9.17) is 0 Å². The Kier molecular flexibility index (Phi) is 3.68. The van der Waals surface area contributed by atoms with E-state index in [1.165, 1.54) is 0 Å². The number of methoxy groups -OCH3 is 1. The monoisotopic (exact) mass is 254 g/mol. The van der Waals surface area contributed by atoms with Gasteiger partial charge in [0.25, 0.3) is 12.9 Å². The number of alkyl halides is 4. The highest BCUT2D eigenvalue weighted by molar-refractivity contribution is 5.34. The van der Waals surface area contributed by atoms with Gasteiger partial charge < -0.3 is 4.74 Å². The van der Waals surface area contributed by atoms with Crippen molar-refractivity contribution < 1.29 is 22.3 Å². The predicted molar refractivity (Wildman–Crippen MR) is 53.7 cm³/mol. The van der Waals surface area contributed by atoms with Crippen LogP contribution >= 0.6 is 0 Å². The first-order chi connectivity index (χ1) is 7.70. The van der Waals surface area contributed by atoms with Crippen LogP contribution in [0.2, 0.25) is 0 Å². The van der Waals surface area contributed by atoms with E-state index in [9.17, 15) is 17.6 Å². The molecule has 0 spiro atoms. The van der Waals surface area contributed by atoms with Gasteiger partial charge in [-0.3, -0.25) is 4.68 Å². The molecule has 0 aliphatic heterocycles. The van der Waals surface area contributed by atoms with Crippen molar-refractivity contribution in [2.75, 3.05) is 7.11 Å². The topological polar surface area (TPSA) is 27.1 Å². The van der Waals surface area contributed by atoms with E-state index in [0.717, 1.165) is 11.8 Å². The number of hydrogen-bond donors (Lipinski definition) is 0. The van der Waals surface area contributed by atoms with Crippen LogP contribution in [0.3, 0.4) is 0 Å². The fourth-order valence-electron chi connectivity index (χ4n) is 1.50. The molecule has 0 fully saturated rings. The Balaban J connectivity index is 3.52. The molecule has 0 amide bonds. The lowest BCUT2D eigenvalue weighted by atomic mass is 10.1. The summed E-state index contributed by atoms with van der Waals surface area (Å²) in [5.74, 6) is -0.453. The maximum Gasteiger partial charge on any atom is 0.280 e. The van der Waals surface area contributed by atoms with Gasteiger partial charge in [-0.1, -0.05) is 0 Å². The van der Waals surface area contributed by atoms with Crippen LogP contribution < -0.4 is 4.74 Å². The Bertz CT molecular complexity index is 396. The lowest BCUT2D eigenvalue weighted by Gasteiger charge is -2.22. The molecular formula is C10H14F4N2O. The molecule has 1 aromatic heterocycles. The van der Waals surface area contributed by atoms with E-state index in [1.54, 1.807) is 20.8 Å². The first-order valence-corrected chi connectivity index (χ1v) is 4.93. The third kappa shape index (κ3) is 2.53. The fourth-order valence-corrected chi connectivity index (χ4v) is 1.50. The first-order valence-electron chi connectivity index (χ1n) is 4.93. The van der Waals surface area contributed by atoms with Gasteiger partial charge in [0.15, 0.2) is 0 Å². The SMILES string of the molecule is COc1nn(C(C)(C)C)c(C(F)F)c1C(F)F.